The lowest BCUT2D eigenvalue weighted by Crippen LogP contribution is -2.22. The van der Waals surface area contributed by atoms with Crippen LogP contribution in [0.1, 0.15) is 22.5 Å². The highest BCUT2D eigenvalue weighted by molar-refractivity contribution is 7.15. The van der Waals surface area contributed by atoms with Crippen molar-refractivity contribution < 1.29 is 0 Å². The van der Waals surface area contributed by atoms with Crippen molar-refractivity contribution in [2.45, 2.75) is 20.8 Å². The van der Waals surface area contributed by atoms with Gasteiger partial charge in [0.2, 0.25) is 0 Å². The number of rotatable bonds is 2. The maximum atomic E-state index is 13.0. The number of aryl methyl sites for hydroxylation is 2. The highest BCUT2D eigenvalue weighted by atomic mass is 32.1. The molecule has 5 aromatic rings. The van der Waals surface area contributed by atoms with Gasteiger partial charge in [-0.1, -0.05) is 23.5 Å². The normalized spacial score (nSPS) is 12.5. The van der Waals surface area contributed by atoms with Gasteiger partial charge in [0.25, 0.3) is 5.56 Å². The van der Waals surface area contributed by atoms with Crippen LogP contribution in [0.5, 0.6) is 0 Å². The highest BCUT2D eigenvalue weighted by Crippen LogP contribution is 2.21. The molecule has 0 amide bonds. The molecule has 0 saturated heterocycles. The van der Waals surface area contributed by atoms with E-state index in [9.17, 15) is 4.79 Å². The Labute approximate surface area is 165 Å². The molecule has 0 bridgehead atoms. The maximum absolute atomic E-state index is 13.0. The summed E-state index contributed by atoms with van der Waals surface area (Å²) in [6.07, 6.45) is 3.78. The summed E-state index contributed by atoms with van der Waals surface area (Å²) in [5.74, 6) is 0.893. The summed E-state index contributed by atoms with van der Waals surface area (Å²) in [4.78, 5) is 22.8. The van der Waals surface area contributed by atoms with E-state index in [1.54, 1.807) is 4.40 Å². The first-order valence-electron chi connectivity index (χ1n) is 9.06. The summed E-state index contributed by atoms with van der Waals surface area (Å²) in [6, 6.07) is 13.9. The second kappa shape index (κ2) is 6.14. The third kappa shape index (κ3) is 2.49. The molecule has 0 fully saturated rings. The number of para-hydroxylation sites is 2. The first kappa shape index (κ1) is 16.9. The standard InChI is InChI=1S/C22H18N4OS/c1-13-8-9-23-20(10-13)25-14(2)11-16(15(25)3)12-19-21(27)26-18-7-5-4-6-17(18)24-22(26)28-19/h4-12H,1-3H3. The molecule has 0 spiro atoms. The van der Waals surface area contributed by atoms with Crippen molar-refractivity contribution in [3.05, 3.63) is 86.1 Å². The Morgan fingerprint density at radius 1 is 1.07 bits per heavy atom. The van der Waals surface area contributed by atoms with Crippen molar-refractivity contribution in [2.75, 3.05) is 0 Å². The van der Waals surface area contributed by atoms with E-state index in [0.29, 0.717) is 4.53 Å². The van der Waals surface area contributed by atoms with Crippen LogP contribution in [0.15, 0.2) is 53.5 Å². The second-order valence-corrected chi connectivity index (χ2v) is 8.00. The summed E-state index contributed by atoms with van der Waals surface area (Å²) in [6.45, 7) is 6.17. The smallest absolute Gasteiger partial charge is 0.274 e. The van der Waals surface area contributed by atoms with Crippen molar-refractivity contribution in [3.63, 3.8) is 0 Å². The van der Waals surface area contributed by atoms with Gasteiger partial charge in [-0.2, -0.15) is 0 Å². The fourth-order valence-corrected chi connectivity index (χ4v) is 4.66. The van der Waals surface area contributed by atoms with E-state index in [0.717, 1.165) is 44.3 Å². The van der Waals surface area contributed by atoms with Gasteiger partial charge in [-0.3, -0.25) is 4.79 Å². The maximum Gasteiger partial charge on any atom is 0.274 e. The topological polar surface area (TPSA) is 52.2 Å². The van der Waals surface area contributed by atoms with Crippen LogP contribution >= 0.6 is 11.3 Å². The molecule has 5 nitrogen and oxygen atoms in total. The van der Waals surface area contributed by atoms with E-state index in [-0.39, 0.29) is 5.56 Å². The molecule has 0 atom stereocenters. The van der Waals surface area contributed by atoms with Crippen LogP contribution in [0, 0.1) is 20.8 Å². The van der Waals surface area contributed by atoms with Crippen LogP contribution in [0.2, 0.25) is 0 Å². The van der Waals surface area contributed by atoms with E-state index in [4.69, 9.17) is 0 Å². The number of nitrogens with zero attached hydrogens (tertiary/aromatic N) is 4. The summed E-state index contributed by atoms with van der Waals surface area (Å²) in [5, 5.41) is 0. The Bertz CT molecular complexity index is 1470. The molecule has 138 valence electrons. The predicted octanol–water partition coefficient (Wildman–Crippen LogP) is 3.57. The Hall–Kier alpha value is -3.25. The van der Waals surface area contributed by atoms with Gasteiger partial charge in [-0.15, -0.1) is 0 Å². The number of fused-ring (bicyclic) bond motifs is 3. The Morgan fingerprint density at radius 2 is 1.89 bits per heavy atom. The number of hydrogen-bond acceptors (Lipinski definition) is 4. The lowest BCUT2D eigenvalue weighted by Gasteiger charge is -2.08. The van der Waals surface area contributed by atoms with Crippen molar-refractivity contribution in [1.82, 2.24) is 18.9 Å². The molecule has 28 heavy (non-hydrogen) atoms. The molecule has 6 heteroatoms. The number of hydrogen-bond donors (Lipinski definition) is 0. The van der Waals surface area contributed by atoms with Crippen LogP contribution in [-0.2, 0) is 0 Å². The van der Waals surface area contributed by atoms with Gasteiger partial charge < -0.3 is 4.57 Å². The molecule has 0 N–H and O–H groups in total. The molecule has 0 unspecified atom stereocenters. The SMILES string of the molecule is Cc1ccnc(-n2c(C)cc(C=c3sc4nc5ccccc5n4c3=O)c2C)c1. The van der Waals surface area contributed by atoms with E-state index in [1.165, 1.54) is 11.3 Å². The monoisotopic (exact) mass is 386 g/mol. The summed E-state index contributed by atoms with van der Waals surface area (Å²) in [5.41, 5.74) is 6.01. The fraction of sp³-hybridized carbons (Fsp3) is 0.136. The minimum atomic E-state index is -0.0211. The predicted molar refractivity (Wildman–Crippen MR) is 113 cm³/mol. The van der Waals surface area contributed by atoms with Gasteiger partial charge >= 0.3 is 0 Å². The molecule has 4 heterocycles. The minimum absolute atomic E-state index is 0.0211. The van der Waals surface area contributed by atoms with Gasteiger partial charge in [0, 0.05) is 17.6 Å². The van der Waals surface area contributed by atoms with Crippen LogP contribution < -0.4 is 10.1 Å². The zero-order valence-corrected chi connectivity index (χ0v) is 16.6. The third-order valence-electron chi connectivity index (χ3n) is 5.03. The molecule has 0 saturated carbocycles. The van der Waals surface area contributed by atoms with Crippen molar-refractivity contribution in [1.29, 1.82) is 0 Å². The first-order chi connectivity index (χ1) is 13.5. The largest absolute Gasteiger partial charge is 0.303 e. The Balaban J connectivity index is 1.71. The lowest BCUT2D eigenvalue weighted by atomic mass is 10.2. The quantitative estimate of drug-likeness (QED) is 0.466. The Kier molecular flexibility index (Phi) is 3.70. The summed E-state index contributed by atoms with van der Waals surface area (Å²) < 4.78 is 4.51. The zero-order chi connectivity index (χ0) is 19.4. The molecular weight excluding hydrogens is 368 g/mol. The van der Waals surface area contributed by atoms with E-state index >= 15 is 0 Å². The van der Waals surface area contributed by atoms with Gasteiger partial charge in [0.15, 0.2) is 4.96 Å². The third-order valence-corrected chi connectivity index (χ3v) is 6.00. The van der Waals surface area contributed by atoms with Crippen LogP contribution in [0.3, 0.4) is 0 Å². The first-order valence-corrected chi connectivity index (χ1v) is 9.88. The lowest BCUT2D eigenvalue weighted by molar-refractivity contribution is 0.918. The molecule has 0 aliphatic carbocycles. The second-order valence-electron chi connectivity index (χ2n) is 6.99. The number of benzene rings is 1. The average Bonchev–Trinajstić information content (AvgIpc) is 3.27. The van der Waals surface area contributed by atoms with Gasteiger partial charge in [0.05, 0.1) is 15.6 Å². The molecule has 4 aromatic heterocycles. The molecular formula is C22H18N4OS. The van der Waals surface area contributed by atoms with Gasteiger partial charge in [-0.25, -0.2) is 14.4 Å². The zero-order valence-electron chi connectivity index (χ0n) is 15.8. The van der Waals surface area contributed by atoms with Crippen LogP contribution in [0.4, 0.5) is 0 Å². The van der Waals surface area contributed by atoms with Crippen molar-refractivity contribution >= 4 is 33.4 Å². The van der Waals surface area contributed by atoms with Crippen LogP contribution in [0.25, 0.3) is 27.9 Å². The van der Waals surface area contributed by atoms with Crippen LogP contribution in [-0.4, -0.2) is 18.9 Å². The number of imidazole rings is 1. The highest BCUT2D eigenvalue weighted by Gasteiger charge is 2.13. The minimum Gasteiger partial charge on any atom is -0.303 e. The number of aromatic nitrogens is 4. The molecule has 1 aromatic carbocycles. The average molecular weight is 386 g/mol. The van der Waals surface area contributed by atoms with Gasteiger partial charge in [-0.05, 0) is 68.3 Å². The molecule has 5 rings (SSSR count). The van der Waals surface area contributed by atoms with E-state index < -0.39 is 0 Å². The summed E-state index contributed by atoms with van der Waals surface area (Å²) >= 11 is 1.43. The summed E-state index contributed by atoms with van der Waals surface area (Å²) in [7, 11) is 0. The van der Waals surface area contributed by atoms with E-state index in [2.05, 4.69) is 47.4 Å². The molecule has 0 aliphatic rings. The number of thiazole rings is 1. The van der Waals surface area contributed by atoms with Crippen molar-refractivity contribution in [2.24, 2.45) is 0 Å². The van der Waals surface area contributed by atoms with Crippen molar-refractivity contribution in [3.8, 4) is 5.82 Å². The van der Waals surface area contributed by atoms with Gasteiger partial charge in [0.1, 0.15) is 5.82 Å². The Morgan fingerprint density at radius 3 is 2.71 bits per heavy atom. The van der Waals surface area contributed by atoms with E-state index in [1.807, 2.05) is 42.6 Å². The molecule has 0 aliphatic heterocycles. The molecule has 0 radical (unpaired) electrons. The fourth-order valence-electron chi connectivity index (χ4n) is 3.68. The number of pyridine rings is 1.